The predicted molar refractivity (Wildman–Crippen MR) is 219 cm³/mol. The van der Waals surface area contributed by atoms with Gasteiger partial charge in [-0.3, -0.25) is 9.59 Å². The fourth-order valence-electron chi connectivity index (χ4n) is 7.51. The number of rotatable bonds is 19. The molecule has 11 nitrogen and oxygen atoms in total. The molecule has 3 heterocycles. The SMILES string of the molecule is CCC1CC[NH+](CC(=O)c2ccccc2)C[C@@H]1OC(=O)NC(c1ccsc1)c1cccc(OCCCCCCNC[C@H](O)c2ccc(O)c3[nH]c(=O)ccc23)c1. The Labute approximate surface area is 331 Å². The number of nitrogens with one attached hydrogen (secondary N) is 4. The summed E-state index contributed by atoms with van der Waals surface area (Å²) in [6.07, 6.45) is 4.08. The first-order valence-corrected chi connectivity index (χ1v) is 20.6. The lowest BCUT2D eigenvalue weighted by Gasteiger charge is -2.35. The summed E-state index contributed by atoms with van der Waals surface area (Å²) in [5, 5.41) is 32.0. The summed E-state index contributed by atoms with van der Waals surface area (Å²) < 4.78 is 12.3. The van der Waals surface area contributed by atoms with Crippen LogP contribution in [0.3, 0.4) is 0 Å². The van der Waals surface area contributed by atoms with Crippen molar-refractivity contribution in [2.75, 3.05) is 39.3 Å². The molecule has 5 atom stereocenters. The largest absolute Gasteiger partial charge is 0.506 e. The third-order valence-corrected chi connectivity index (χ3v) is 11.3. The van der Waals surface area contributed by atoms with Crippen LogP contribution in [0.15, 0.2) is 100 Å². The standard InChI is InChI=1S/C44H52N4O7S/c1-2-30-19-22-48(27-39(51)31-11-6-5-7-12-31)28-40(30)55-44(53)47-42(33-20-24-56-29-33)32-13-10-14-34(25-32)54-23-9-4-3-8-21-45-26-38(50)35-15-17-37(49)43-36(35)16-18-41(52)46-43/h5-7,10-18,20,24-25,29-30,38,40,42,45,49-50H,2-4,8-9,19,21-23,26-28H2,1H3,(H,46,52)(H,47,53)/p+1/t30?,38-,40-,42?/m0/s1. The fraction of sp³-hybridized carbons (Fsp3) is 0.386. The number of carbonyl (C=O) groups excluding carboxylic acids is 2. The first-order chi connectivity index (χ1) is 27.3. The number of piperidine rings is 1. The van der Waals surface area contributed by atoms with E-state index in [1.165, 1.54) is 12.1 Å². The molecule has 0 saturated carbocycles. The second-order valence-corrected chi connectivity index (χ2v) is 15.3. The molecule has 5 aromatic rings. The fourth-order valence-corrected chi connectivity index (χ4v) is 8.20. The number of aromatic amines is 1. The highest BCUT2D eigenvalue weighted by atomic mass is 32.1. The van der Waals surface area contributed by atoms with E-state index in [4.69, 9.17) is 9.47 Å². The molecule has 1 aliphatic rings. The smallest absolute Gasteiger partial charge is 0.408 e. The number of hydrogen-bond donors (Lipinski definition) is 6. The molecule has 296 valence electrons. The summed E-state index contributed by atoms with van der Waals surface area (Å²) in [7, 11) is 0. The third kappa shape index (κ3) is 11.1. The van der Waals surface area contributed by atoms with Crippen LogP contribution >= 0.6 is 11.3 Å². The van der Waals surface area contributed by atoms with Gasteiger partial charge in [0.05, 0.1) is 30.8 Å². The van der Waals surface area contributed by atoms with Gasteiger partial charge in [-0.25, -0.2) is 4.79 Å². The number of pyridine rings is 1. The predicted octanol–water partition coefficient (Wildman–Crippen LogP) is 5.94. The first-order valence-electron chi connectivity index (χ1n) is 19.7. The van der Waals surface area contributed by atoms with Crippen LogP contribution in [0.25, 0.3) is 10.9 Å². The second-order valence-electron chi connectivity index (χ2n) is 14.5. The molecule has 6 N–H and O–H groups in total. The number of phenolic OH excluding ortho intramolecular Hbond substituents is 1. The highest BCUT2D eigenvalue weighted by molar-refractivity contribution is 7.08. The minimum atomic E-state index is -0.783. The van der Waals surface area contributed by atoms with Crippen molar-refractivity contribution in [2.45, 2.75) is 63.7 Å². The summed E-state index contributed by atoms with van der Waals surface area (Å²) in [4.78, 5) is 41.9. The van der Waals surface area contributed by atoms with Gasteiger partial charge in [0.15, 0.2) is 6.10 Å². The van der Waals surface area contributed by atoms with E-state index in [1.54, 1.807) is 23.5 Å². The summed E-state index contributed by atoms with van der Waals surface area (Å²) in [6.45, 7) is 5.64. The third-order valence-electron chi connectivity index (χ3n) is 10.6. The normalized spacial score (nSPS) is 17.9. The van der Waals surface area contributed by atoms with Gasteiger partial charge in [-0.1, -0.05) is 68.3 Å². The molecule has 1 aliphatic heterocycles. The van der Waals surface area contributed by atoms with Crippen molar-refractivity contribution in [3.63, 3.8) is 0 Å². The molecule has 1 saturated heterocycles. The molecular formula is C44H53N4O7S+. The number of fused-ring (bicyclic) bond motifs is 1. The van der Waals surface area contributed by atoms with Gasteiger partial charge in [0, 0.05) is 35.9 Å². The van der Waals surface area contributed by atoms with Crippen molar-refractivity contribution < 1.29 is 34.2 Å². The Morgan fingerprint density at radius 3 is 2.62 bits per heavy atom. The molecule has 0 spiro atoms. The minimum Gasteiger partial charge on any atom is -0.506 e. The molecule has 56 heavy (non-hydrogen) atoms. The average Bonchev–Trinajstić information content (AvgIpc) is 3.75. The van der Waals surface area contributed by atoms with E-state index in [1.807, 2.05) is 71.4 Å². The van der Waals surface area contributed by atoms with Gasteiger partial charge in [-0.15, -0.1) is 0 Å². The number of likely N-dealkylation sites (tertiary alicyclic amines) is 1. The van der Waals surface area contributed by atoms with Crippen molar-refractivity contribution in [2.24, 2.45) is 5.92 Å². The zero-order valence-electron chi connectivity index (χ0n) is 31.9. The Hall–Kier alpha value is -5.01. The zero-order chi connectivity index (χ0) is 39.3. The van der Waals surface area contributed by atoms with Crippen LogP contribution in [0.4, 0.5) is 4.79 Å². The lowest BCUT2D eigenvalue weighted by molar-refractivity contribution is -0.901. The van der Waals surface area contributed by atoms with E-state index >= 15 is 0 Å². The number of unbranched alkanes of at least 4 members (excludes halogenated alkanes) is 3. The topological polar surface area (TPSA) is 154 Å². The number of ether oxygens (including phenoxy) is 2. The van der Waals surface area contributed by atoms with E-state index in [9.17, 15) is 24.6 Å². The van der Waals surface area contributed by atoms with Gasteiger partial charge >= 0.3 is 6.09 Å². The molecule has 0 radical (unpaired) electrons. The minimum absolute atomic E-state index is 0.0283. The molecule has 0 aliphatic carbocycles. The number of thiophene rings is 1. The van der Waals surface area contributed by atoms with Crippen LogP contribution in [0.5, 0.6) is 11.5 Å². The first kappa shape index (κ1) is 40.6. The lowest BCUT2D eigenvalue weighted by Crippen LogP contribution is -3.15. The molecular weight excluding hydrogens is 729 g/mol. The van der Waals surface area contributed by atoms with Crippen LogP contribution < -0.4 is 25.8 Å². The molecule has 0 bridgehead atoms. The summed E-state index contributed by atoms with van der Waals surface area (Å²) in [6, 6.07) is 25.0. The van der Waals surface area contributed by atoms with Crippen LogP contribution in [0.1, 0.15) is 84.6 Å². The molecule has 2 aromatic heterocycles. The highest BCUT2D eigenvalue weighted by Gasteiger charge is 2.35. The lowest BCUT2D eigenvalue weighted by atomic mass is 9.91. The number of aliphatic hydroxyl groups is 1. The van der Waals surface area contributed by atoms with Crippen molar-refractivity contribution >= 4 is 34.1 Å². The quantitative estimate of drug-likeness (QED) is 0.0445. The number of ketones is 1. The highest BCUT2D eigenvalue weighted by Crippen LogP contribution is 2.30. The van der Waals surface area contributed by atoms with E-state index in [0.717, 1.165) is 73.4 Å². The number of amides is 1. The van der Waals surface area contributed by atoms with Crippen LogP contribution in [0, 0.1) is 5.92 Å². The van der Waals surface area contributed by atoms with Crippen LogP contribution in [-0.4, -0.2) is 72.5 Å². The zero-order valence-corrected chi connectivity index (χ0v) is 32.7. The Morgan fingerprint density at radius 1 is 0.982 bits per heavy atom. The van der Waals surface area contributed by atoms with Crippen molar-refractivity contribution in [3.05, 3.63) is 128 Å². The van der Waals surface area contributed by atoms with Gasteiger partial charge in [0.25, 0.3) is 0 Å². The summed E-state index contributed by atoms with van der Waals surface area (Å²) in [5.41, 5.74) is 3.23. The molecule has 3 aromatic carbocycles. The van der Waals surface area contributed by atoms with Crippen molar-refractivity contribution in [1.29, 1.82) is 0 Å². The van der Waals surface area contributed by atoms with E-state index in [0.29, 0.717) is 48.3 Å². The number of H-pyrrole nitrogens is 1. The Bertz CT molecular complexity index is 2070. The van der Waals surface area contributed by atoms with E-state index < -0.39 is 18.2 Å². The van der Waals surface area contributed by atoms with E-state index in [2.05, 4.69) is 22.5 Å². The number of phenols is 1. The van der Waals surface area contributed by atoms with Crippen LogP contribution in [-0.2, 0) is 4.74 Å². The molecule has 1 amide bonds. The average molecular weight is 782 g/mol. The molecule has 12 heteroatoms. The maximum absolute atomic E-state index is 13.5. The van der Waals surface area contributed by atoms with Gasteiger partial charge < -0.3 is 40.2 Å². The van der Waals surface area contributed by atoms with Gasteiger partial charge in [-0.2, -0.15) is 11.3 Å². The Balaban J connectivity index is 0.939. The maximum atomic E-state index is 13.5. The molecule has 3 unspecified atom stereocenters. The van der Waals surface area contributed by atoms with Crippen LogP contribution in [0.2, 0.25) is 0 Å². The van der Waals surface area contributed by atoms with Gasteiger partial charge in [-0.05, 0) is 83.6 Å². The van der Waals surface area contributed by atoms with E-state index in [-0.39, 0.29) is 29.1 Å². The number of quaternary nitrogens is 1. The Morgan fingerprint density at radius 2 is 1.82 bits per heavy atom. The van der Waals surface area contributed by atoms with Crippen molar-refractivity contribution in [1.82, 2.24) is 15.6 Å². The van der Waals surface area contributed by atoms with Crippen molar-refractivity contribution in [3.8, 4) is 11.5 Å². The number of hydrogen-bond acceptors (Lipinski definition) is 9. The number of aromatic hydroxyl groups is 1. The number of carbonyl (C=O) groups is 2. The molecule has 6 rings (SSSR count). The maximum Gasteiger partial charge on any atom is 0.408 e. The number of aromatic nitrogens is 1. The number of aliphatic hydroxyl groups excluding tert-OH is 1. The number of benzene rings is 3. The van der Waals surface area contributed by atoms with Gasteiger partial charge in [0.1, 0.15) is 24.6 Å². The Kier molecular flexibility index (Phi) is 14.7. The number of alkyl carbamates (subject to hydrolysis) is 1. The summed E-state index contributed by atoms with van der Waals surface area (Å²) >= 11 is 1.57. The monoisotopic (exact) mass is 781 g/mol. The summed E-state index contributed by atoms with van der Waals surface area (Å²) in [5.74, 6) is 1.05. The number of Topliss-reactive ketones (excluding diaryl/α,β-unsaturated/α-hetero) is 1. The second kappa shape index (κ2) is 20.2. The molecule has 1 fully saturated rings. The van der Waals surface area contributed by atoms with Gasteiger partial charge in [0.2, 0.25) is 11.3 Å².